The van der Waals surface area contributed by atoms with Crippen molar-refractivity contribution in [1.82, 2.24) is 24.8 Å². The van der Waals surface area contributed by atoms with E-state index >= 15 is 0 Å². The number of aromatic amines is 2. The highest BCUT2D eigenvalue weighted by atomic mass is 15.0. The summed E-state index contributed by atoms with van der Waals surface area (Å²) in [5.74, 6) is 0. The van der Waals surface area contributed by atoms with Gasteiger partial charge in [-0.25, -0.2) is 9.97 Å². The standard InChI is InChI=1S/C27H27N5/c1-17-12-24-15-22-9-7-20(28-22)14-21-8-10-23(29-21)16-25-13-19(6-5-11-32(3)4)27(31-25)18(2)26(17)30-24/h5-10,12-16,29-30H,11H2,1-4H3/b6-5+,20-14?,21-14?,22-15?,23-16?,24-15?,25-16?,26-18?,27-18?/i13D. The molecule has 0 saturated heterocycles. The SMILES string of the molecule is [2H]C1=C(/C=C/CN(C)C)c2nc1cc1ccc(cc3nc(cc4cc(C)c([nH]4)c2C)C=C3)[nH]1. The van der Waals surface area contributed by atoms with E-state index in [1.807, 2.05) is 56.6 Å². The maximum atomic E-state index is 8.88. The molecule has 5 heterocycles. The van der Waals surface area contributed by atoms with Crippen molar-refractivity contribution in [3.8, 4) is 0 Å². The first-order chi connectivity index (χ1) is 15.9. The molecule has 5 nitrogen and oxygen atoms in total. The van der Waals surface area contributed by atoms with E-state index in [1.165, 1.54) is 0 Å². The van der Waals surface area contributed by atoms with E-state index < -0.39 is 0 Å². The predicted octanol–water partition coefficient (Wildman–Crippen LogP) is 5.76. The number of nitrogens with one attached hydrogen (secondary N) is 2. The first kappa shape index (κ1) is 19.0. The second kappa shape index (κ2) is 8.09. The van der Waals surface area contributed by atoms with Gasteiger partial charge in [0.2, 0.25) is 0 Å². The van der Waals surface area contributed by atoms with Gasteiger partial charge in [-0.3, -0.25) is 0 Å². The van der Waals surface area contributed by atoms with Crippen LogP contribution in [0.5, 0.6) is 0 Å². The van der Waals surface area contributed by atoms with Crippen molar-refractivity contribution in [2.75, 3.05) is 20.6 Å². The van der Waals surface area contributed by atoms with Crippen LogP contribution in [0.4, 0.5) is 0 Å². The number of aryl methyl sites for hydroxylation is 2. The Bertz CT molecular complexity index is 1500. The summed E-state index contributed by atoms with van der Waals surface area (Å²) in [6.07, 6.45) is 8.14. The van der Waals surface area contributed by atoms with Crippen LogP contribution in [0, 0.1) is 13.8 Å². The van der Waals surface area contributed by atoms with Crippen molar-refractivity contribution >= 4 is 45.8 Å². The van der Waals surface area contributed by atoms with Gasteiger partial charge in [-0.1, -0.05) is 12.2 Å². The van der Waals surface area contributed by atoms with E-state index in [0.29, 0.717) is 11.7 Å². The molecule has 32 heavy (non-hydrogen) atoms. The highest BCUT2D eigenvalue weighted by Gasteiger charge is 2.13. The van der Waals surface area contributed by atoms with Gasteiger partial charge >= 0.3 is 0 Å². The van der Waals surface area contributed by atoms with Crippen LogP contribution < -0.4 is 0 Å². The molecule has 2 aliphatic heterocycles. The Balaban J connectivity index is 1.84. The Labute approximate surface area is 189 Å². The smallest absolute Gasteiger partial charge is 0.0759 e. The third kappa shape index (κ3) is 4.07. The Kier molecular flexibility index (Phi) is 4.81. The van der Waals surface area contributed by atoms with Crippen LogP contribution in [0.2, 0.25) is 0 Å². The lowest BCUT2D eigenvalue weighted by Gasteiger charge is -2.04. The number of rotatable bonds is 3. The highest BCUT2D eigenvalue weighted by Crippen LogP contribution is 2.28. The molecule has 0 aromatic carbocycles. The summed E-state index contributed by atoms with van der Waals surface area (Å²) in [6.45, 7) is 4.96. The van der Waals surface area contributed by atoms with Crippen molar-refractivity contribution in [3.05, 3.63) is 82.5 Å². The molecule has 5 heteroatoms. The van der Waals surface area contributed by atoms with E-state index in [1.54, 1.807) is 0 Å². The Morgan fingerprint density at radius 2 is 1.59 bits per heavy atom. The van der Waals surface area contributed by atoms with Crippen LogP contribution in [-0.2, 0) is 0 Å². The van der Waals surface area contributed by atoms with Crippen LogP contribution >= 0.6 is 0 Å². The molecule has 160 valence electrons. The van der Waals surface area contributed by atoms with Gasteiger partial charge in [-0.15, -0.1) is 0 Å². The summed E-state index contributed by atoms with van der Waals surface area (Å²) in [6, 6.07) is 12.6. The molecule has 0 fully saturated rings. The van der Waals surface area contributed by atoms with Crippen molar-refractivity contribution in [3.63, 3.8) is 0 Å². The van der Waals surface area contributed by atoms with Crippen LogP contribution in [0.3, 0.4) is 0 Å². The number of nitrogens with zero attached hydrogens (tertiary/aromatic N) is 3. The molecule has 0 spiro atoms. The number of aromatic nitrogens is 4. The molecule has 3 aromatic rings. The van der Waals surface area contributed by atoms with Crippen LogP contribution in [0.15, 0.2) is 48.6 Å². The van der Waals surface area contributed by atoms with Crippen LogP contribution in [0.1, 0.15) is 35.3 Å². The number of H-pyrrole nitrogens is 2. The molecule has 0 saturated carbocycles. The summed E-state index contributed by atoms with van der Waals surface area (Å²) in [4.78, 5) is 18.7. The largest absolute Gasteiger partial charge is 0.355 e. The maximum Gasteiger partial charge on any atom is 0.0759 e. The molecule has 3 aromatic heterocycles. The van der Waals surface area contributed by atoms with Gasteiger partial charge in [-0.05, 0) is 93.7 Å². The van der Waals surface area contributed by atoms with E-state index in [2.05, 4.69) is 46.9 Å². The highest BCUT2D eigenvalue weighted by molar-refractivity contribution is 5.92. The lowest BCUT2D eigenvalue weighted by atomic mass is 10.1. The van der Waals surface area contributed by atoms with E-state index in [9.17, 15) is 0 Å². The summed E-state index contributed by atoms with van der Waals surface area (Å²) in [5.41, 5.74) is 10.2. The van der Waals surface area contributed by atoms with E-state index in [4.69, 9.17) is 11.3 Å². The molecule has 2 aliphatic rings. The zero-order chi connectivity index (χ0) is 23.1. The number of likely N-dealkylation sites (N-methyl/N-ethyl adjacent to an activating group) is 1. The lowest BCUT2D eigenvalue weighted by Crippen LogP contribution is -2.10. The van der Waals surface area contributed by atoms with E-state index in [-0.39, 0.29) is 0 Å². The number of fused-ring (bicyclic) bond motifs is 8. The number of allylic oxidation sites excluding steroid dienone is 2. The van der Waals surface area contributed by atoms with Crippen LogP contribution in [0.25, 0.3) is 45.8 Å². The number of hydrogen-bond donors (Lipinski definition) is 2. The molecular weight excluding hydrogens is 394 g/mol. The fourth-order valence-corrected chi connectivity index (χ4v) is 4.05. The summed E-state index contributed by atoms with van der Waals surface area (Å²) < 4.78 is 8.88. The predicted molar refractivity (Wildman–Crippen MR) is 135 cm³/mol. The third-order valence-electron chi connectivity index (χ3n) is 5.58. The zero-order valence-electron chi connectivity index (χ0n) is 19.8. The molecule has 8 bridgehead atoms. The van der Waals surface area contributed by atoms with Crippen molar-refractivity contribution in [2.24, 2.45) is 0 Å². The monoisotopic (exact) mass is 422 g/mol. The van der Waals surface area contributed by atoms with Crippen molar-refractivity contribution in [2.45, 2.75) is 13.8 Å². The lowest BCUT2D eigenvalue weighted by molar-refractivity contribution is 0.456. The first-order valence-corrected chi connectivity index (χ1v) is 10.8. The van der Waals surface area contributed by atoms with Gasteiger partial charge in [0.25, 0.3) is 0 Å². The fourth-order valence-electron chi connectivity index (χ4n) is 4.05. The molecule has 0 aliphatic carbocycles. The minimum atomic E-state index is 0.432. The minimum Gasteiger partial charge on any atom is -0.355 e. The summed E-state index contributed by atoms with van der Waals surface area (Å²) >= 11 is 0. The fraction of sp³-hybridized carbons (Fsp3) is 0.185. The first-order valence-electron chi connectivity index (χ1n) is 11.3. The van der Waals surface area contributed by atoms with Gasteiger partial charge < -0.3 is 14.9 Å². The molecule has 2 N–H and O–H groups in total. The van der Waals surface area contributed by atoms with Gasteiger partial charge in [0.15, 0.2) is 0 Å². The van der Waals surface area contributed by atoms with Gasteiger partial charge in [0, 0.05) is 34.2 Å². The third-order valence-corrected chi connectivity index (χ3v) is 5.58. The topological polar surface area (TPSA) is 60.6 Å². The van der Waals surface area contributed by atoms with Gasteiger partial charge in [0.05, 0.1) is 24.1 Å². The zero-order valence-corrected chi connectivity index (χ0v) is 18.8. The molecule has 0 radical (unpaired) electrons. The average molecular weight is 423 g/mol. The molecule has 0 amide bonds. The van der Waals surface area contributed by atoms with Gasteiger partial charge in [-0.2, -0.15) is 0 Å². The maximum absolute atomic E-state index is 8.88. The van der Waals surface area contributed by atoms with Crippen molar-refractivity contribution in [1.29, 1.82) is 0 Å². The summed E-state index contributed by atoms with van der Waals surface area (Å²) in [7, 11) is 4.06. The minimum absolute atomic E-state index is 0.432. The Hall–Kier alpha value is -3.70. The molecule has 5 rings (SSSR count). The number of hydrogen-bond acceptors (Lipinski definition) is 3. The van der Waals surface area contributed by atoms with Crippen LogP contribution in [-0.4, -0.2) is 45.5 Å². The second-order valence-electron chi connectivity index (χ2n) is 8.55. The molecular formula is C27H27N5. The van der Waals surface area contributed by atoms with Crippen molar-refractivity contribution < 1.29 is 1.37 Å². The normalized spacial score (nSPS) is 14.1. The second-order valence-corrected chi connectivity index (χ2v) is 8.55. The Morgan fingerprint density at radius 1 is 0.906 bits per heavy atom. The summed E-state index contributed by atoms with van der Waals surface area (Å²) in [5, 5.41) is 0. The quantitative estimate of drug-likeness (QED) is 0.441. The Morgan fingerprint density at radius 3 is 2.31 bits per heavy atom. The van der Waals surface area contributed by atoms with E-state index in [0.717, 1.165) is 62.4 Å². The average Bonchev–Trinajstić information content (AvgIpc) is 3.53. The molecule has 0 atom stereocenters. The van der Waals surface area contributed by atoms with Gasteiger partial charge in [0.1, 0.15) is 0 Å². The molecule has 0 unspecified atom stereocenters.